The number of thioether (sulfide) groups is 1. The van der Waals surface area contributed by atoms with Gasteiger partial charge in [0.25, 0.3) is 0 Å². The maximum atomic E-state index is 5.70. The molecule has 25 heavy (non-hydrogen) atoms. The lowest BCUT2D eigenvalue weighted by Gasteiger charge is -2.38. The number of rotatable bonds is 5. The van der Waals surface area contributed by atoms with Gasteiger partial charge in [0, 0.05) is 30.6 Å². The third kappa shape index (κ3) is 4.90. The molecular formula is C19H31N5S. The molecule has 2 saturated heterocycles. The Hall–Kier alpha value is -1.24. The van der Waals surface area contributed by atoms with Crippen LogP contribution in [-0.2, 0) is 0 Å². The van der Waals surface area contributed by atoms with Gasteiger partial charge in [-0.2, -0.15) is 0 Å². The fourth-order valence-corrected chi connectivity index (χ4v) is 4.36. The van der Waals surface area contributed by atoms with Crippen LogP contribution in [0.2, 0.25) is 0 Å². The van der Waals surface area contributed by atoms with Crippen molar-refractivity contribution in [3.63, 3.8) is 0 Å². The summed E-state index contributed by atoms with van der Waals surface area (Å²) in [6.07, 6.45) is 7.31. The predicted molar refractivity (Wildman–Crippen MR) is 109 cm³/mol. The Morgan fingerprint density at radius 2 is 1.92 bits per heavy atom. The van der Waals surface area contributed by atoms with Crippen molar-refractivity contribution in [3.8, 4) is 0 Å². The van der Waals surface area contributed by atoms with Gasteiger partial charge in [-0.1, -0.05) is 12.1 Å². The molecule has 0 radical (unpaired) electrons. The molecule has 0 aliphatic carbocycles. The van der Waals surface area contributed by atoms with Crippen LogP contribution in [0.4, 0.5) is 5.69 Å². The highest BCUT2D eigenvalue weighted by atomic mass is 32.2. The molecule has 5 nitrogen and oxygen atoms in total. The zero-order valence-corrected chi connectivity index (χ0v) is 16.1. The van der Waals surface area contributed by atoms with Crippen molar-refractivity contribution in [1.29, 1.82) is 0 Å². The monoisotopic (exact) mass is 361 g/mol. The van der Waals surface area contributed by atoms with Crippen LogP contribution < -0.4 is 11.1 Å². The molecule has 0 amide bonds. The van der Waals surface area contributed by atoms with Gasteiger partial charge in [-0.15, -0.1) is 11.8 Å². The van der Waals surface area contributed by atoms with E-state index in [1.54, 1.807) is 11.8 Å². The summed E-state index contributed by atoms with van der Waals surface area (Å²) in [6.45, 7) is 5.96. The Balaban J connectivity index is 1.65. The van der Waals surface area contributed by atoms with E-state index in [9.17, 15) is 0 Å². The Kier molecular flexibility index (Phi) is 7.02. The fraction of sp³-hybridized carbons (Fsp3) is 0.632. The molecule has 138 valence electrons. The number of nitrogens with one attached hydrogen (secondary N) is 1. The zero-order valence-electron chi connectivity index (χ0n) is 15.3. The molecular weight excluding hydrogens is 330 g/mol. The van der Waals surface area contributed by atoms with Crippen LogP contribution in [0.3, 0.4) is 0 Å². The maximum absolute atomic E-state index is 5.70. The normalized spacial score (nSPS) is 20.2. The van der Waals surface area contributed by atoms with Gasteiger partial charge in [0.2, 0.25) is 0 Å². The van der Waals surface area contributed by atoms with Gasteiger partial charge in [0.1, 0.15) is 0 Å². The Morgan fingerprint density at radius 3 is 2.60 bits per heavy atom. The minimum atomic E-state index is 0.583. The molecule has 3 N–H and O–H groups in total. The predicted octanol–water partition coefficient (Wildman–Crippen LogP) is 2.70. The molecule has 0 spiro atoms. The molecule has 1 aromatic carbocycles. The van der Waals surface area contributed by atoms with Gasteiger partial charge in [0.05, 0.1) is 12.2 Å². The summed E-state index contributed by atoms with van der Waals surface area (Å²) >= 11 is 1.76. The van der Waals surface area contributed by atoms with Gasteiger partial charge in [-0.3, -0.25) is 4.99 Å². The minimum absolute atomic E-state index is 0.583. The molecule has 2 fully saturated rings. The van der Waals surface area contributed by atoms with Crippen LogP contribution in [0.15, 0.2) is 34.2 Å². The lowest BCUT2D eigenvalue weighted by molar-refractivity contribution is 0.163. The van der Waals surface area contributed by atoms with Crippen LogP contribution >= 0.6 is 11.8 Å². The SMILES string of the molecule is CSc1ccccc1NC(=NCCN)N1CCC(N2CCCC2)CC1. The average molecular weight is 362 g/mol. The number of likely N-dealkylation sites (tertiary alicyclic amines) is 2. The van der Waals surface area contributed by atoms with Gasteiger partial charge in [-0.25, -0.2) is 0 Å². The van der Waals surface area contributed by atoms with E-state index in [0.717, 1.165) is 30.8 Å². The summed E-state index contributed by atoms with van der Waals surface area (Å²) in [4.78, 5) is 11.1. The molecule has 0 aromatic heterocycles. The van der Waals surface area contributed by atoms with Crippen LogP contribution in [0, 0.1) is 0 Å². The van der Waals surface area contributed by atoms with E-state index in [1.165, 1.54) is 43.7 Å². The average Bonchev–Trinajstić information content (AvgIpc) is 3.20. The molecule has 3 rings (SSSR count). The largest absolute Gasteiger partial charge is 0.343 e. The van der Waals surface area contributed by atoms with E-state index in [1.807, 2.05) is 0 Å². The molecule has 2 aliphatic heterocycles. The third-order valence-electron chi connectivity index (χ3n) is 5.17. The second-order valence-corrected chi connectivity index (χ2v) is 7.63. The van der Waals surface area contributed by atoms with Gasteiger partial charge in [0.15, 0.2) is 5.96 Å². The van der Waals surface area contributed by atoms with Crippen LogP contribution in [0.1, 0.15) is 25.7 Å². The summed E-state index contributed by atoms with van der Waals surface area (Å²) in [6, 6.07) is 9.18. The Labute approximate surface area is 156 Å². The quantitative estimate of drug-likeness (QED) is 0.480. The fourth-order valence-electron chi connectivity index (χ4n) is 3.81. The first-order valence-corrected chi connectivity index (χ1v) is 10.7. The lowest BCUT2D eigenvalue weighted by Crippen LogP contribution is -2.48. The van der Waals surface area contributed by atoms with Crippen molar-refractivity contribution in [3.05, 3.63) is 24.3 Å². The zero-order chi connectivity index (χ0) is 17.5. The highest BCUT2D eigenvalue weighted by Crippen LogP contribution is 2.26. The second kappa shape index (κ2) is 9.46. The number of nitrogens with zero attached hydrogens (tertiary/aromatic N) is 3. The van der Waals surface area contributed by atoms with Gasteiger partial charge < -0.3 is 20.9 Å². The van der Waals surface area contributed by atoms with E-state index in [2.05, 4.69) is 45.6 Å². The van der Waals surface area contributed by atoms with Gasteiger partial charge in [-0.05, 0) is 57.2 Å². The number of benzene rings is 1. The summed E-state index contributed by atoms with van der Waals surface area (Å²) < 4.78 is 0. The standard InChI is InChI=1S/C19H31N5S/c1-25-18-7-3-2-6-17(18)22-19(21-11-10-20)24-14-8-16(9-15-24)23-12-4-5-13-23/h2-3,6-7,16H,4-5,8-15,20H2,1H3,(H,21,22). The Bertz CT molecular complexity index is 563. The summed E-state index contributed by atoms with van der Waals surface area (Å²) in [5.74, 6) is 0.979. The molecule has 2 heterocycles. The van der Waals surface area contributed by atoms with E-state index in [-0.39, 0.29) is 0 Å². The second-order valence-electron chi connectivity index (χ2n) is 6.78. The van der Waals surface area contributed by atoms with Crippen molar-refractivity contribution in [2.24, 2.45) is 10.7 Å². The number of hydrogen-bond donors (Lipinski definition) is 2. The molecule has 6 heteroatoms. The molecule has 1 aromatic rings. The van der Waals surface area contributed by atoms with Crippen molar-refractivity contribution < 1.29 is 0 Å². The van der Waals surface area contributed by atoms with Crippen molar-refractivity contribution in [2.45, 2.75) is 36.6 Å². The highest BCUT2D eigenvalue weighted by Gasteiger charge is 2.27. The molecule has 0 unspecified atom stereocenters. The van der Waals surface area contributed by atoms with Crippen LogP contribution in [0.25, 0.3) is 0 Å². The number of guanidine groups is 1. The van der Waals surface area contributed by atoms with Crippen LogP contribution in [-0.4, -0.2) is 67.3 Å². The summed E-state index contributed by atoms with van der Waals surface area (Å²) in [5, 5.41) is 3.57. The van der Waals surface area contributed by atoms with Gasteiger partial charge >= 0.3 is 0 Å². The number of nitrogens with two attached hydrogens (primary N) is 1. The molecule has 2 aliphatic rings. The number of aliphatic imine (C=N–C) groups is 1. The molecule has 0 bridgehead atoms. The molecule has 0 saturated carbocycles. The first-order valence-electron chi connectivity index (χ1n) is 9.45. The van der Waals surface area contributed by atoms with E-state index in [4.69, 9.17) is 10.7 Å². The summed E-state index contributed by atoms with van der Waals surface area (Å²) in [5.41, 5.74) is 6.83. The molecule has 0 atom stereocenters. The number of para-hydroxylation sites is 1. The van der Waals surface area contributed by atoms with Crippen molar-refractivity contribution >= 4 is 23.4 Å². The number of piperidine rings is 1. The first kappa shape index (κ1) is 18.5. The van der Waals surface area contributed by atoms with Crippen LogP contribution in [0.5, 0.6) is 0 Å². The highest BCUT2D eigenvalue weighted by molar-refractivity contribution is 7.98. The Morgan fingerprint density at radius 1 is 1.20 bits per heavy atom. The van der Waals surface area contributed by atoms with Crippen molar-refractivity contribution in [2.75, 3.05) is 50.8 Å². The minimum Gasteiger partial charge on any atom is -0.343 e. The first-order chi connectivity index (χ1) is 12.3. The smallest absolute Gasteiger partial charge is 0.198 e. The van der Waals surface area contributed by atoms with E-state index in [0.29, 0.717) is 13.1 Å². The summed E-state index contributed by atoms with van der Waals surface area (Å²) in [7, 11) is 0. The van der Waals surface area contributed by atoms with E-state index >= 15 is 0 Å². The maximum Gasteiger partial charge on any atom is 0.198 e. The topological polar surface area (TPSA) is 56.9 Å². The third-order valence-corrected chi connectivity index (χ3v) is 5.96. The van der Waals surface area contributed by atoms with Crippen molar-refractivity contribution in [1.82, 2.24) is 9.80 Å². The van der Waals surface area contributed by atoms with E-state index < -0.39 is 0 Å². The number of anilines is 1. The number of hydrogen-bond acceptors (Lipinski definition) is 4. The lowest BCUT2D eigenvalue weighted by atomic mass is 10.0.